The van der Waals surface area contributed by atoms with Crippen LogP contribution in [0.5, 0.6) is 0 Å². The molecular formula is C50H35N. The second-order valence-electron chi connectivity index (χ2n) is 12.9. The maximum atomic E-state index is 2.44. The van der Waals surface area contributed by atoms with Crippen molar-refractivity contribution in [2.45, 2.75) is 0 Å². The molecule has 0 atom stereocenters. The highest BCUT2D eigenvalue weighted by Gasteiger charge is 2.23. The van der Waals surface area contributed by atoms with Gasteiger partial charge >= 0.3 is 0 Å². The van der Waals surface area contributed by atoms with Crippen LogP contribution in [0, 0.1) is 0 Å². The molecule has 0 amide bonds. The number of nitrogens with zero attached hydrogens (tertiary/aromatic N) is 1. The highest BCUT2D eigenvalue weighted by Crippen LogP contribution is 2.49. The fraction of sp³-hybridized carbons (Fsp3) is 0. The van der Waals surface area contributed by atoms with E-state index in [4.69, 9.17) is 0 Å². The summed E-state index contributed by atoms with van der Waals surface area (Å²) in [6.07, 6.45) is 0. The van der Waals surface area contributed by atoms with Crippen molar-refractivity contribution in [3.63, 3.8) is 0 Å². The van der Waals surface area contributed by atoms with Crippen LogP contribution in [0.25, 0.3) is 66.1 Å². The Kier molecular flexibility index (Phi) is 7.92. The van der Waals surface area contributed by atoms with Gasteiger partial charge in [0.05, 0.1) is 5.69 Å². The fourth-order valence-electron chi connectivity index (χ4n) is 7.40. The van der Waals surface area contributed by atoms with E-state index in [0.29, 0.717) is 0 Å². The number of para-hydroxylation sites is 1. The minimum Gasteiger partial charge on any atom is -0.309 e. The highest BCUT2D eigenvalue weighted by atomic mass is 15.1. The smallest absolute Gasteiger partial charge is 0.0624 e. The Bertz CT molecular complexity index is 2590. The quantitative estimate of drug-likeness (QED) is 0.155. The molecule has 0 aliphatic rings. The predicted octanol–water partition coefficient (Wildman–Crippen LogP) is 14.1. The third kappa shape index (κ3) is 5.75. The topological polar surface area (TPSA) is 3.24 Å². The lowest BCUT2D eigenvalue weighted by atomic mass is 9.89. The molecule has 0 aliphatic heterocycles. The number of hydrogen-bond acceptors (Lipinski definition) is 1. The first-order chi connectivity index (χ1) is 25.3. The lowest BCUT2D eigenvalue weighted by molar-refractivity contribution is 1.30. The van der Waals surface area contributed by atoms with Crippen molar-refractivity contribution in [2.75, 3.05) is 4.90 Å². The maximum absolute atomic E-state index is 2.44. The number of rotatable bonds is 7. The van der Waals surface area contributed by atoms with E-state index in [1.165, 1.54) is 71.7 Å². The maximum Gasteiger partial charge on any atom is 0.0624 e. The number of benzene rings is 9. The molecule has 9 aromatic rings. The first kappa shape index (κ1) is 30.4. The molecule has 51 heavy (non-hydrogen) atoms. The minimum absolute atomic E-state index is 1.10. The second kappa shape index (κ2) is 13.3. The van der Waals surface area contributed by atoms with Crippen LogP contribution in [-0.2, 0) is 0 Å². The van der Waals surface area contributed by atoms with Gasteiger partial charge in [-0.05, 0) is 85.4 Å². The Hall–Kier alpha value is -6.70. The molecule has 0 aromatic heterocycles. The summed E-state index contributed by atoms with van der Waals surface area (Å²) in [5, 5.41) is 4.93. The molecular weight excluding hydrogens is 615 g/mol. The largest absolute Gasteiger partial charge is 0.309 e. The van der Waals surface area contributed by atoms with E-state index in [0.717, 1.165) is 11.4 Å². The van der Waals surface area contributed by atoms with E-state index in [-0.39, 0.29) is 0 Å². The molecule has 0 heterocycles. The second-order valence-corrected chi connectivity index (χ2v) is 12.9. The van der Waals surface area contributed by atoms with Gasteiger partial charge in [0, 0.05) is 22.3 Å². The molecule has 0 radical (unpaired) electrons. The third-order valence-corrected chi connectivity index (χ3v) is 9.85. The Labute approximate surface area is 299 Å². The van der Waals surface area contributed by atoms with Crippen LogP contribution in [0.4, 0.5) is 17.1 Å². The fourth-order valence-corrected chi connectivity index (χ4v) is 7.40. The Morgan fingerprint density at radius 3 is 1.22 bits per heavy atom. The van der Waals surface area contributed by atoms with Gasteiger partial charge in [0.2, 0.25) is 0 Å². The Morgan fingerprint density at radius 2 is 0.608 bits per heavy atom. The molecule has 0 spiro atoms. The standard InChI is InChI=1S/C50H35N/c1-4-15-36(16-5-1)38-27-29-40(30-28-38)49-47-25-12-10-23-45(47)46-24-11-13-26-48(46)50(49)51(43-21-8-3-9-22-43)44-33-31-39(32-34-44)42-20-14-19-41(35-42)37-17-6-2-7-18-37/h1-35H. The zero-order chi connectivity index (χ0) is 34.0. The molecule has 0 bridgehead atoms. The van der Waals surface area contributed by atoms with Gasteiger partial charge in [0.1, 0.15) is 0 Å². The van der Waals surface area contributed by atoms with E-state index in [9.17, 15) is 0 Å². The van der Waals surface area contributed by atoms with Crippen LogP contribution in [0.3, 0.4) is 0 Å². The van der Waals surface area contributed by atoms with Crippen molar-refractivity contribution in [1.29, 1.82) is 0 Å². The molecule has 1 nitrogen and oxygen atoms in total. The minimum atomic E-state index is 1.10. The molecule has 240 valence electrons. The molecule has 0 N–H and O–H groups in total. The molecule has 0 saturated carbocycles. The monoisotopic (exact) mass is 649 g/mol. The molecule has 0 fully saturated rings. The average Bonchev–Trinajstić information content (AvgIpc) is 3.22. The van der Waals surface area contributed by atoms with E-state index >= 15 is 0 Å². The van der Waals surface area contributed by atoms with Crippen molar-refractivity contribution in [2.24, 2.45) is 0 Å². The van der Waals surface area contributed by atoms with Crippen molar-refractivity contribution in [3.05, 3.63) is 212 Å². The van der Waals surface area contributed by atoms with Gasteiger partial charge in [-0.15, -0.1) is 0 Å². The van der Waals surface area contributed by atoms with Crippen LogP contribution in [0.2, 0.25) is 0 Å². The lowest BCUT2D eigenvalue weighted by Gasteiger charge is -2.30. The molecule has 9 aromatic carbocycles. The Balaban J connectivity index is 1.25. The summed E-state index contributed by atoms with van der Waals surface area (Å²) < 4.78 is 0. The van der Waals surface area contributed by atoms with Crippen molar-refractivity contribution >= 4 is 38.6 Å². The summed E-state index contributed by atoms with van der Waals surface area (Å²) in [5.41, 5.74) is 13.0. The molecule has 0 saturated heterocycles. The number of fused-ring (bicyclic) bond motifs is 3. The van der Waals surface area contributed by atoms with E-state index < -0.39 is 0 Å². The van der Waals surface area contributed by atoms with Crippen LogP contribution in [0.1, 0.15) is 0 Å². The van der Waals surface area contributed by atoms with Gasteiger partial charge in [-0.3, -0.25) is 0 Å². The summed E-state index contributed by atoms with van der Waals surface area (Å²) in [6, 6.07) is 76.6. The van der Waals surface area contributed by atoms with Gasteiger partial charge in [0.15, 0.2) is 0 Å². The van der Waals surface area contributed by atoms with Crippen molar-refractivity contribution < 1.29 is 0 Å². The summed E-state index contributed by atoms with van der Waals surface area (Å²) in [4.78, 5) is 2.44. The van der Waals surface area contributed by atoms with Gasteiger partial charge in [-0.25, -0.2) is 0 Å². The van der Waals surface area contributed by atoms with Gasteiger partial charge in [-0.2, -0.15) is 0 Å². The summed E-state index contributed by atoms with van der Waals surface area (Å²) in [5.74, 6) is 0. The first-order valence-electron chi connectivity index (χ1n) is 17.5. The zero-order valence-electron chi connectivity index (χ0n) is 28.2. The van der Waals surface area contributed by atoms with Crippen LogP contribution in [0.15, 0.2) is 212 Å². The lowest BCUT2D eigenvalue weighted by Crippen LogP contribution is -2.12. The number of hydrogen-bond donors (Lipinski definition) is 0. The van der Waals surface area contributed by atoms with Crippen LogP contribution in [-0.4, -0.2) is 0 Å². The van der Waals surface area contributed by atoms with Crippen molar-refractivity contribution in [1.82, 2.24) is 0 Å². The van der Waals surface area contributed by atoms with Gasteiger partial charge < -0.3 is 4.90 Å². The summed E-state index contributed by atoms with van der Waals surface area (Å²) in [6.45, 7) is 0. The first-order valence-corrected chi connectivity index (χ1v) is 17.5. The van der Waals surface area contributed by atoms with E-state index in [2.05, 4.69) is 217 Å². The summed E-state index contributed by atoms with van der Waals surface area (Å²) >= 11 is 0. The van der Waals surface area contributed by atoms with Crippen LogP contribution < -0.4 is 4.90 Å². The van der Waals surface area contributed by atoms with E-state index in [1.54, 1.807) is 0 Å². The molecule has 9 rings (SSSR count). The third-order valence-electron chi connectivity index (χ3n) is 9.85. The number of anilines is 3. The molecule has 0 unspecified atom stereocenters. The molecule has 0 aliphatic carbocycles. The summed E-state index contributed by atoms with van der Waals surface area (Å²) in [7, 11) is 0. The zero-order valence-corrected chi connectivity index (χ0v) is 28.2. The van der Waals surface area contributed by atoms with Crippen LogP contribution >= 0.6 is 0 Å². The Morgan fingerprint density at radius 1 is 0.235 bits per heavy atom. The van der Waals surface area contributed by atoms with Gasteiger partial charge in [0.25, 0.3) is 0 Å². The normalized spacial score (nSPS) is 11.1. The average molecular weight is 650 g/mol. The predicted molar refractivity (Wildman–Crippen MR) is 218 cm³/mol. The van der Waals surface area contributed by atoms with E-state index in [1.807, 2.05) is 0 Å². The molecule has 1 heteroatoms. The highest BCUT2D eigenvalue weighted by molar-refractivity contribution is 6.22. The SMILES string of the molecule is c1ccc(-c2ccc(-c3c(N(c4ccccc4)c4ccc(-c5cccc(-c6ccccc6)c5)cc4)c4ccccc4c4ccccc34)cc2)cc1. The van der Waals surface area contributed by atoms with Gasteiger partial charge in [-0.1, -0.05) is 182 Å². The van der Waals surface area contributed by atoms with Crippen molar-refractivity contribution in [3.8, 4) is 44.5 Å².